The van der Waals surface area contributed by atoms with Crippen LogP contribution in [-0.2, 0) is 0 Å². The van der Waals surface area contributed by atoms with Crippen molar-refractivity contribution in [3.8, 4) is 0 Å². The number of nitrogen functional groups attached to an aromatic ring is 1. The van der Waals surface area contributed by atoms with Crippen molar-refractivity contribution in [1.29, 1.82) is 0 Å². The zero-order valence-corrected chi connectivity index (χ0v) is 10.1. The zero-order chi connectivity index (χ0) is 12.1. The first-order valence-corrected chi connectivity index (χ1v) is 6.24. The van der Waals surface area contributed by atoms with E-state index in [-0.39, 0.29) is 6.10 Å². The lowest BCUT2D eigenvalue weighted by Crippen LogP contribution is -2.38. The summed E-state index contributed by atoms with van der Waals surface area (Å²) in [4.78, 5) is 2.39. The highest BCUT2D eigenvalue weighted by molar-refractivity contribution is 5.51. The number of benzene rings is 1. The Morgan fingerprint density at radius 1 is 1.24 bits per heavy atom. The number of nitrogens with one attached hydrogen (secondary N) is 1. The third-order valence-corrected chi connectivity index (χ3v) is 3.22. The normalized spacial score (nSPS) is 18.2. The number of aliphatic hydroxyl groups is 1. The highest BCUT2D eigenvalue weighted by Gasteiger charge is 2.15. The van der Waals surface area contributed by atoms with Crippen LogP contribution in [0, 0.1) is 0 Å². The van der Waals surface area contributed by atoms with Gasteiger partial charge in [-0.15, -0.1) is 0 Å². The van der Waals surface area contributed by atoms with E-state index in [1.807, 2.05) is 24.3 Å². The van der Waals surface area contributed by atoms with Gasteiger partial charge in [0.2, 0.25) is 0 Å². The second-order valence-corrected chi connectivity index (χ2v) is 4.62. The summed E-state index contributed by atoms with van der Waals surface area (Å²) in [6.07, 6.45) is 1.72. The van der Waals surface area contributed by atoms with Crippen LogP contribution in [0.3, 0.4) is 0 Å². The molecule has 0 bridgehead atoms. The molecule has 4 N–H and O–H groups in total. The van der Waals surface area contributed by atoms with Crippen LogP contribution in [0.2, 0.25) is 0 Å². The summed E-state index contributed by atoms with van der Waals surface area (Å²) in [5.74, 6) is 0. The van der Waals surface area contributed by atoms with E-state index in [0.29, 0.717) is 0 Å². The monoisotopic (exact) mass is 235 g/mol. The fourth-order valence-corrected chi connectivity index (χ4v) is 2.10. The van der Waals surface area contributed by atoms with Gasteiger partial charge < -0.3 is 21.1 Å². The topological polar surface area (TPSA) is 61.5 Å². The Morgan fingerprint density at radius 3 is 2.53 bits per heavy atom. The van der Waals surface area contributed by atoms with Crippen molar-refractivity contribution in [1.82, 2.24) is 4.90 Å². The highest BCUT2D eigenvalue weighted by atomic mass is 16.3. The fraction of sp³-hybridized carbons (Fsp3) is 0.538. The molecule has 4 heteroatoms. The number of nitrogens with two attached hydrogens (primary N) is 1. The van der Waals surface area contributed by atoms with E-state index in [0.717, 1.165) is 50.4 Å². The van der Waals surface area contributed by atoms with E-state index < -0.39 is 0 Å². The maximum Gasteiger partial charge on any atom is 0.0564 e. The predicted molar refractivity (Wildman–Crippen MR) is 71.0 cm³/mol. The zero-order valence-electron chi connectivity index (χ0n) is 10.1. The van der Waals surface area contributed by atoms with E-state index in [2.05, 4.69) is 10.2 Å². The minimum Gasteiger partial charge on any atom is -0.399 e. The van der Waals surface area contributed by atoms with Crippen LogP contribution in [0.25, 0.3) is 0 Å². The summed E-state index contributed by atoms with van der Waals surface area (Å²) >= 11 is 0. The predicted octanol–water partition coefficient (Wildman–Crippen LogP) is 1.14. The number of hydrogen-bond acceptors (Lipinski definition) is 4. The summed E-state index contributed by atoms with van der Waals surface area (Å²) in [5.41, 5.74) is 7.53. The van der Waals surface area contributed by atoms with Crippen molar-refractivity contribution >= 4 is 11.4 Å². The van der Waals surface area contributed by atoms with Gasteiger partial charge in [-0.1, -0.05) is 0 Å². The first-order valence-electron chi connectivity index (χ1n) is 6.24. The van der Waals surface area contributed by atoms with Crippen LogP contribution in [0.4, 0.5) is 11.4 Å². The standard InChI is InChI=1S/C13H21N3O/c14-11-1-3-12(4-2-11)15-7-10-16-8-5-13(17)6-9-16/h1-4,13,15,17H,5-10,14H2. The van der Waals surface area contributed by atoms with Gasteiger partial charge in [0.05, 0.1) is 6.10 Å². The Labute approximate surface area is 102 Å². The number of likely N-dealkylation sites (tertiary alicyclic amines) is 1. The van der Waals surface area contributed by atoms with Crippen molar-refractivity contribution in [3.63, 3.8) is 0 Å². The van der Waals surface area contributed by atoms with Crippen molar-refractivity contribution < 1.29 is 5.11 Å². The molecular weight excluding hydrogens is 214 g/mol. The molecule has 2 rings (SSSR count). The van der Waals surface area contributed by atoms with Crippen LogP contribution in [0.5, 0.6) is 0 Å². The molecule has 0 unspecified atom stereocenters. The summed E-state index contributed by atoms with van der Waals surface area (Å²) in [6, 6.07) is 7.80. The molecule has 1 aromatic carbocycles. The Balaban J connectivity index is 1.67. The first-order chi connectivity index (χ1) is 8.24. The van der Waals surface area contributed by atoms with E-state index in [1.165, 1.54) is 0 Å². The molecule has 0 spiro atoms. The molecule has 0 amide bonds. The number of nitrogens with zero attached hydrogens (tertiary/aromatic N) is 1. The Bertz CT molecular complexity index is 331. The van der Waals surface area contributed by atoms with E-state index in [9.17, 15) is 5.11 Å². The van der Waals surface area contributed by atoms with Crippen LogP contribution in [0.1, 0.15) is 12.8 Å². The molecule has 1 aliphatic rings. The summed E-state index contributed by atoms with van der Waals surface area (Å²) in [6.45, 7) is 3.96. The summed E-state index contributed by atoms with van der Waals surface area (Å²) < 4.78 is 0. The molecule has 0 saturated carbocycles. The Morgan fingerprint density at radius 2 is 1.88 bits per heavy atom. The number of rotatable bonds is 4. The third-order valence-electron chi connectivity index (χ3n) is 3.22. The van der Waals surface area contributed by atoms with E-state index in [4.69, 9.17) is 5.73 Å². The van der Waals surface area contributed by atoms with Gasteiger partial charge in [-0.05, 0) is 37.1 Å². The number of piperidine rings is 1. The molecule has 0 atom stereocenters. The molecule has 1 fully saturated rings. The van der Waals surface area contributed by atoms with Crippen LogP contribution < -0.4 is 11.1 Å². The van der Waals surface area contributed by atoms with Crippen molar-refractivity contribution in [2.24, 2.45) is 0 Å². The molecule has 1 saturated heterocycles. The minimum atomic E-state index is -0.0868. The van der Waals surface area contributed by atoms with Gasteiger partial charge in [-0.3, -0.25) is 0 Å². The summed E-state index contributed by atoms with van der Waals surface area (Å²) in [7, 11) is 0. The van der Waals surface area contributed by atoms with Gasteiger partial charge in [0.15, 0.2) is 0 Å². The number of anilines is 2. The molecule has 0 radical (unpaired) electrons. The average molecular weight is 235 g/mol. The molecule has 17 heavy (non-hydrogen) atoms. The van der Waals surface area contributed by atoms with Crippen molar-refractivity contribution in [3.05, 3.63) is 24.3 Å². The highest BCUT2D eigenvalue weighted by Crippen LogP contribution is 2.11. The molecule has 1 aliphatic heterocycles. The van der Waals surface area contributed by atoms with Crippen molar-refractivity contribution in [2.75, 3.05) is 37.2 Å². The number of hydrogen-bond donors (Lipinski definition) is 3. The van der Waals surface area contributed by atoms with Gasteiger partial charge in [0, 0.05) is 37.6 Å². The van der Waals surface area contributed by atoms with E-state index >= 15 is 0 Å². The molecule has 0 aromatic heterocycles. The molecule has 1 aromatic rings. The van der Waals surface area contributed by atoms with Crippen LogP contribution >= 0.6 is 0 Å². The fourth-order valence-electron chi connectivity index (χ4n) is 2.10. The molecule has 4 nitrogen and oxygen atoms in total. The van der Waals surface area contributed by atoms with Crippen LogP contribution in [0.15, 0.2) is 24.3 Å². The third kappa shape index (κ3) is 3.91. The lowest BCUT2D eigenvalue weighted by molar-refractivity contribution is 0.0845. The molecule has 1 heterocycles. The van der Waals surface area contributed by atoms with Crippen molar-refractivity contribution in [2.45, 2.75) is 18.9 Å². The Hall–Kier alpha value is -1.26. The Kier molecular flexibility index (Phi) is 4.23. The smallest absolute Gasteiger partial charge is 0.0564 e. The van der Waals surface area contributed by atoms with E-state index in [1.54, 1.807) is 0 Å². The first kappa shape index (κ1) is 12.2. The van der Waals surface area contributed by atoms with Gasteiger partial charge in [-0.25, -0.2) is 0 Å². The second kappa shape index (κ2) is 5.89. The van der Waals surface area contributed by atoms with Gasteiger partial charge in [-0.2, -0.15) is 0 Å². The van der Waals surface area contributed by atoms with Gasteiger partial charge in [0.1, 0.15) is 0 Å². The lowest BCUT2D eigenvalue weighted by atomic mass is 10.1. The minimum absolute atomic E-state index is 0.0868. The SMILES string of the molecule is Nc1ccc(NCCN2CCC(O)CC2)cc1. The average Bonchev–Trinajstić information content (AvgIpc) is 2.34. The largest absolute Gasteiger partial charge is 0.399 e. The summed E-state index contributed by atoms with van der Waals surface area (Å²) in [5, 5.41) is 12.8. The van der Waals surface area contributed by atoms with Gasteiger partial charge in [0.25, 0.3) is 0 Å². The lowest BCUT2D eigenvalue weighted by Gasteiger charge is -2.29. The molecule has 94 valence electrons. The maximum atomic E-state index is 9.40. The quantitative estimate of drug-likeness (QED) is 0.685. The molecule has 0 aliphatic carbocycles. The van der Waals surface area contributed by atoms with Crippen LogP contribution in [-0.4, -0.2) is 42.3 Å². The molecular formula is C13H21N3O. The van der Waals surface area contributed by atoms with Gasteiger partial charge >= 0.3 is 0 Å². The second-order valence-electron chi connectivity index (χ2n) is 4.62. The number of aliphatic hydroxyl groups excluding tert-OH is 1. The maximum absolute atomic E-state index is 9.40.